The lowest BCUT2D eigenvalue weighted by Crippen LogP contribution is -2.25. The molecule has 0 aliphatic carbocycles. The summed E-state index contributed by atoms with van der Waals surface area (Å²) < 4.78 is 1.56. The van der Waals surface area contributed by atoms with E-state index >= 15 is 0 Å². The van der Waals surface area contributed by atoms with E-state index in [9.17, 15) is 15.0 Å². The largest absolute Gasteiger partial charge is 0.507 e. The van der Waals surface area contributed by atoms with Crippen molar-refractivity contribution in [2.45, 2.75) is 32.3 Å². The SMILES string of the molecule is CC(C)c1nc2c(C(O)Cc3ccccc3)c(O)ccc2c(=O)n1-c1ccc(Cl)cc1. The summed E-state index contributed by atoms with van der Waals surface area (Å²) in [6, 6.07) is 19.5. The molecule has 1 atom stereocenters. The lowest BCUT2D eigenvalue weighted by molar-refractivity contribution is 0.176. The van der Waals surface area contributed by atoms with Crippen molar-refractivity contribution in [3.63, 3.8) is 0 Å². The number of nitrogens with zero attached hydrogens (tertiary/aromatic N) is 2. The maximum absolute atomic E-state index is 13.5. The van der Waals surface area contributed by atoms with Crippen LogP contribution in [0.2, 0.25) is 5.02 Å². The quantitative estimate of drug-likeness (QED) is 0.455. The fourth-order valence-electron chi connectivity index (χ4n) is 3.77. The smallest absolute Gasteiger partial charge is 0.265 e. The summed E-state index contributed by atoms with van der Waals surface area (Å²) in [4.78, 5) is 18.3. The Morgan fingerprint density at radius 3 is 2.32 bits per heavy atom. The van der Waals surface area contributed by atoms with Gasteiger partial charge in [-0.2, -0.15) is 0 Å². The topological polar surface area (TPSA) is 75.4 Å². The molecule has 2 N–H and O–H groups in total. The second-order valence-electron chi connectivity index (χ2n) is 7.84. The Hall–Kier alpha value is -3.15. The van der Waals surface area contributed by atoms with Crippen molar-refractivity contribution in [3.8, 4) is 11.4 Å². The summed E-state index contributed by atoms with van der Waals surface area (Å²) in [5.74, 6) is 0.384. The number of fused-ring (bicyclic) bond motifs is 1. The standard InChI is InChI=1S/C25H23ClN2O3/c1-15(2)24-27-23-19(25(31)28(24)18-10-8-17(26)9-11-18)12-13-20(29)22(23)21(30)14-16-6-4-3-5-7-16/h3-13,15,21,29-30H,14H2,1-2H3. The lowest BCUT2D eigenvalue weighted by atomic mass is 9.98. The van der Waals surface area contributed by atoms with Crippen LogP contribution in [0, 0.1) is 0 Å². The summed E-state index contributed by atoms with van der Waals surface area (Å²) in [6.07, 6.45) is -0.712. The van der Waals surface area contributed by atoms with Crippen molar-refractivity contribution in [2.24, 2.45) is 0 Å². The number of aromatic hydroxyl groups is 1. The molecule has 0 radical (unpaired) electrons. The Kier molecular flexibility index (Phi) is 5.81. The maximum Gasteiger partial charge on any atom is 0.265 e. The zero-order valence-electron chi connectivity index (χ0n) is 17.3. The summed E-state index contributed by atoms with van der Waals surface area (Å²) in [5, 5.41) is 22.4. The molecule has 5 nitrogen and oxygen atoms in total. The van der Waals surface area contributed by atoms with E-state index in [-0.39, 0.29) is 22.8 Å². The minimum atomic E-state index is -1.01. The van der Waals surface area contributed by atoms with Crippen LogP contribution < -0.4 is 5.56 Å². The number of halogens is 1. The van der Waals surface area contributed by atoms with Gasteiger partial charge in [-0.15, -0.1) is 0 Å². The number of phenols is 1. The minimum absolute atomic E-state index is 0.0748. The molecule has 4 aromatic rings. The van der Waals surface area contributed by atoms with Crippen LogP contribution in [0.15, 0.2) is 71.5 Å². The molecule has 1 heterocycles. The van der Waals surface area contributed by atoms with Crippen LogP contribution in [-0.4, -0.2) is 19.8 Å². The molecule has 0 amide bonds. The van der Waals surface area contributed by atoms with E-state index in [0.29, 0.717) is 33.9 Å². The Bertz CT molecular complexity index is 1280. The number of aromatic nitrogens is 2. The molecule has 1 aromatic heterocycles. The fourth-order valence-corrected chi connectivity index (χ4v) is 3.90. The molecule has 0 aliphatic rings. The van der Waals surface area contributed by atoms with E-state index in [4.69, 9.17) is 16.6 Å². The molecule has 31 heavy (non-hydrogen) atoms. The van der Waals surface area contributed by atoms with Crippen molar-refractivity contribution in [3.05, 3.63) is 99.1 Å². The minimum Gasteiger partial charge on any atom is -0.507 e. The molecule has 6 heteroatoms. The van der Waals surface area contributed by atoms with E-state index in [1.54, 1.807) is 34.9 Å². The van der Waals surface area contributed by atoms with Gasteiger partial charge in [0.1, 0.15) is 11.6 Å². The number of phenolic OH excluding ortho intramolecular Hbond substituents is 1. The van der Waals surface area contributed by atoms with Gasteiger partial charge in [-0.3, -0.25) is 9.36 Å². The summed E-state index contributed by atoms with van der Waals surface area (Å²) in [6.45, 7) is 3.89. The molecule has 0 saturated carbocycles. The van der Waals surface area contributed by atoms with E-state index in [1.165, 1.54) is 6.07 Å². The highest BCUT2D eigenvalue weighted by Crippen LogP contribution is 2.33. The summed E-state index contributed by atoms with van der Waals surface area (Å²) in [5.41, 5.74) is 1.91. The average molecular weight is 435 g/mol. The van der Waals surface area contributed by atoms with Crippen molar-refractivity contribution in [2.75, 3.05) is 0 Å². The predicted molar refractivity (Wildman–Crippen MR) is 123 cm³/mol. The molecule has 0 spiro atoms. The van der Waals surface area contributed by atoms with Gasteiger partial charge in [-0.25, -0.2) is 4.98 Å². The zero-order chi connectivity index (χ0) is 22.1. The number of hydrogen-bond acceptors (Lipinski definition) is 4. The molecule has 4 rings (SSSR count). The van der Waals surface area contributed by atoms with Crippen LogP contribution in [0.25, 0.3) is 16.6 Å². The van der Waals surface area contributed by atoms with Gasteiger partial charge in [-0.05, 0) is 42.0 Å². The Balaban J connectivity index is 1.94. The lowest BCUT2D eigenvalue weighted by Gasteiger charge is -2.19. The van der Waals surface area contributed by atoms with Gasteiger partial charge < -0.3 is 10.2 Å². The molecule has 0 fully saturated rings. The number of rotatable bonds is 5. The van der Waals surface area contributed by atoms with Crippen LogP contribution in [0.3, 0.4) is 0 Å². The fraction of sp³-hybridized carbons (Fsp3) is 0.200. The zero-order valence-corrected chi connectivity index (χ0v) is 18.0. The summed E-state index contributed by atoms with van der Waals surface area (Å²) in [7, 11) is 0. The normalized spacial score (nSPS) is 12.4. The highest BCUT2D eigenvalue weighted by molar-refractivity contribution is 6.30. The number of aliphatic hydroxyl groups is 1. The van der Waals surface area contributed by atoms with Crippen molar-refractivity contribution in [1.29, 1.82) is 0 Å². The van der Waals surface area contributed by atoms with Gasteiger partial charge >= 0.3 is 0 Å². The first kappa shape index (κ1) is 21.1. The molecular weight excluding hydrogens is 412 g/mol. The first-order valence-corrected chi connectivity index (χ1v) is 10.5. The molecule has 1 unspecified atom stereocenters. The highest BCUT2D eigenvalue weighted by Gasteiger charge is 2.23. The third-order valence-electron chi connectivity index (χ3n) is 5.29. The van der Waals surface area contributed by atoms with Gasteiger partial charge in [0.25, 0.3) is 5.56 Å². The molecule has 0 bridgehead atoms. The third-order valence-corrected chi connectivity index (χ3v) is 5.54. The molecule has 0 aliphatic heterocycles. The molecule has 3 aromatic carbocycles. The van der Waals surface area contributed by atoms with Gasteiger partial charge in [0, 0.05) is 22.9 Å². The van der Waals surface area contributed by atoms with E-state index in [1.807, 2.05) is 44.2 Å². The number of hydrogen-bond donors (Lipinski definition) is 2. The van der Waals surface area contributed by atoms with Crippen LogP contribution in [0.5, 0.6) is 5.75 Å². The second kappa shape index (κ2) is 8.53. The average Bonchev–Trinajstić information content (AvgIpc) is 2.74. The number of benzene rings is 3. The maximum atomic E-state index is 13.5. The monoisotopic (exact) mass is 434 g/mol. The van der Waals surface area contributed by atoms with Crippen LogP contribution >= 0.6 is 11.6 Å². The van der Waals surface area contributed by atoms with E-state index < -0.39 is 6.10 Å². The van der Waals surface area contributed by atoms with Crippen molar-refractivity contribution in [1.82, 2.24) is 9.55 Å². The Morgan fingerprint density at radius 1 is 1.00 bits per heavy atom. The Morgan fingerprint density at radius 2 is 1.68 bits per heavy atom. The molecule has 0 saturated heterocycles. The Labute approximate surface area is 185 Å². The molecule has 158 valence electrons. The second-order valence-corrected chi connectivity index (χ2v) is 8.28. The van der Waals surface area contributed by atoms with E-state index in [2.05, 4.69) is 0 Å². The number of aliphatic hydroxyl groups excluding tert-OH is 1. The van der Waals surface area contributed by atoms with Crippen molar-refractivity contribution >= 4 is 22.5 Å². The summed E-state index contributed by atoms with van der Waals surface area (Å²) >= 11 is 6.02. The van der Waals surface area contributed by atoms with Gasteiger partial charge in [0.2, 0.25) is 0 Å². The first-order chi connectivity index (χ1) is 14.9. The van der Waals surface area contributed by atoms with Crippen LogP contribution in [0.1, 0.15) is 42.8 Å². The predicted octanol–water partition coefficient (Wildman–Crippen LogP) is 5.14. The first-order valence-electron chi connectivity index (χ1n) is 10.1. The van der Waals surface area contributed by atoms with Gasteiger partial charge in [0.15, 0.2) is 0 Å². The van der Waals surface area contributed by atoms with Crippen molar-refractivity contribution < 1.29 is 10.2 Å². The van der Waals surface area contributed by atoms with Gasteiger partial charge in [0.05, 0.1) is 22.7 Å². The molecular formula is C25H23ClN2O3. The van der Waals surface area contributed by atoms with Crippen LogP contribution in [0.4, 0.5) is 0 Å². The van der Waals surface area contributed by atoms with Crippen LogP contribution in [-0.2, 0) is 6.42 Å². The highest BCUT2D eigenvalue weighted by atomic mass is 35.5. The van der Waals surface area contributed by atoms with Gasteiger partial charge in [-0.1, -0.05) is 55.8 Å². The van der Waals surface area contributed by atoms with E-state index in [0.717, 1.165) is 5.56 Å². The third kappa shape index (κ3) is 4.07.